The van der Waals surface area contributed by atoms with Crippen molar-refractivity contribution >= 4 is 39.8 Å². The molecule has 18 heavy (non-hydrogen) atoms. The second kappa shape index (κ2) is 8.19. The quantitative estimate of drug-likeness (QED) is 0.444. The predicted molar refractivity (Wildman–Crippen MR) is 86.2 cm³/mol. The zero-order valence-corrected chi connectivity index (χ0v) is 14.3. The molecule has 1 atom stereocenters. The van der Waals surface area contributed by atoms with E-state index in [4.69, 9.17) is 5.73 Å². The molecule has 1 unspecified atom stereocenters. The van der Waals surface area contributed by atoms with Crippen LogP contribution in [0.2, 0.25) is 0 Å². The van der Waals surface area contributed by atoms with Gasteiger partial charge >= 0.3 is 0 Å². The predicted octanol–water partition coefficient (Wildman–Crippen LogP) is 1.09. The van der Waals surface area contributed by atoms with Gasteiger partial charge in [-0.2, -0.15) is 0 Å². The number of aliphatic imine (C=N–C) groups is 1. The summed E-state index contributed by atoms with van der Waals surface area (Å²) in [5, 5.41) is 0. The lowest BCUT2D eigenvalue weighted by molar-refractivity contribution is 0.270. The zero-order valence-electron chi connectivity index (χ0n) is 11.1. The van der Waals surface area contributed by atoms with Crippen molar-refractivity contribution < 1.29 is 8.42 Å². The molecule has 0 radical (unpaired) electrons. The molecule has 0 spiro atoms. The van der Waals surface area contributed by atoms with E-state index in [1.165, 1.54) is 6.42 Å². The topological polar surface area (TPSA) is 75.8 Å². The lowest BCUT2D eigenvalue weighted by Gasteiger charge is -2.31. The van der Waals surface area contributed by atoms with Crippen LogP contribution in [0.25, 0.3) is 0 Å². The van der Waals surface area contributed by atoms with Crippen LogP contribution < -0.4 is 5.73 Å². The summed E-state index contributed by atoms with van der Waals surface area (Å²) in [5.41, 5.74) is 5.86. The SMILES string of the molecule is CCS(=O)(=O)CCN=C(N)N1CCCC(C)C1.I. The van der Waals surface area contributed by atoms with Gasteiger partial charge in [0.1, 0.15) is 0 Å². The van der Waals surface area contributed by atoms with Gasteiger partial charge in [0.25, 0.3) is 0 Å². The van der Waals surface area contributed by atoms with Gasteiger partial charge < -0.3 is 10.6 Å². The van der Waals surface area contributed by atoms with Gasteiger partial charge in [-0.1, -0.05) is 13.8 Å². The first kappa shape index (κ1) is 17.9. The van der Waals surface area contributed by atoms with Gasteiger partial charge in [-0.05, 0) is 18.8 Å². The monoisotopic (exact) mass is 389 g/mol. The normalized spacial score (nSPS) is 21.6. The number of halogens is 1. The van der Waals surface area contributed by atoms with E-state index in [0.717, 1.165) is 19.5 Å². The third-order valence-corrected chi connectivity index (χ3v) is 4.78. The first-order chi connectivity index (χ1) is 7.94. The molecule has 0 aromatic rings. The summed E-state index contributed by atoms with van der Waals surface area (Å²) in [5.74, 6) is 1.39. The Morgan fingerprint density at radius 2 is 2.17 bits per heavy atom. The maximum absolute atomic E-state index is 11.3. The first-order valence-corrected chi connectivity index (χ1v) is 8.02. The fourth-order valence-electron chi connectivity index (χ4n) is 1.94. The molecule has 7 heteroatoms. The van der Waals surface area contributed by atoms with Crippen molar-refractivity contribution in [3.8, 4) is 0 Å². The van der Waals surface area contributed by atoms with Crippen molar-refractivity contribution in [2.24, 2.45) is 16.6 Å². The van der Waals surface area contributed by atoms with Gasteiger partial charge in [0.15, 0.2) is 15.8 Å². The number of hydrogen-bond acceptors (Lipinski definition) is 3. The maximum atomic E-state index is 11.3. The van der Waals surface area contributed by atoms with Crippen LogP contribution in [-0.2, 0) is 9.84 Å². The number of nitrogens with zero attached hydrogens (tertiary/aromatic N) is 2. The second-order valence-corrected chi connectivity index (χ2v) is 7.14. The molecular weight excluding hydrogens is 365 g/mol. The summed E-state index contributed by atoms with van der Waals surface area (Å²) >= 11 is 0. The molecule has 1 saturated heterocycles. The Hall–Kier alpha value is -0.0500. The Bertz CT molecular complexity index is 370. The molecule has 0 aliphatic carbocycles. The maximum Gasteiger partial charge on any atom is 0.191 e. The average Bonchev–Trinajstić information content (AvgIpc) is 2.28. The Labute approximate surface area is 127 Å². The third-order valence-electron chi connectivity index (χ3n) is 3.10. The van der Waals surface area contributed by atoms with Crippen molar-refractivity contribution in [3.05, 3.63) is 0 Å². The van der Waals surface area contributed by atoms with Crippen molar-refractivity contribution in [1.82, 2.24) is 4.90 Å². The minimum Gasteiger partial charge on any atom is -0.370 e. The summed E-state index contributed by atoms with van der Waals surface area (Å²) in [6, 6.07) is 0. The molecule has 1 fully saturated rings. The fraction of sp³-hybridized carbons (Fsp3) is 0.909. The molecule has 1 rings (SSSR count). The van der Waals surface area contributed by atoms with Crippen LogP contribution in [0.4, 0.5) is 0 Å². The molecule has 0 aromatic carbocycles. The summed E-state index contributed by atoms with van der Waals surface area (Å²) in [6.45, 7) is 5.97. The van der Waals surface area contributed by atoms with Crippen LogP contribution in [0.3, 0.4) is 0 Å². The van der Waals surface area contributed by atoms with Crippen LogP contribution in [0.15, 0.2) is 4.99 Å². The minimum absolute atomic E-state index is 0. The molecule has 0 amide bonds. The van der Waals surface area contributed by atoms with Crippen molar-refractivity contribution in [1.29, 1.82) is 0 Å². The van der Waals surface area contributed by atoms with Gasteiger partial charge in [0, 0.05) is 18.8 Å². The number of guanidine groups is 1. The van der Waals surface area contributed by atoms with E-state index in [-0.39, 0.29) is 42.0 Å². The van der Waals surface area contributed by atoms with Crippen LogP contribution in [-0.4, -0.2) is 50.4 Å². The smallest absolute Gasteiger partial charge is 0.191 e. The highest BCUT2D eigenvalue weighted by Crippen LogP contribution is 2.14. The van der Waals surface area contributed by atoms with Crippen LogP contribution in [0, 0.1) is 5.92 Å². The van der Waals surface area contributed by atoms with E-state index < -0.39 is 9.84 Å². The summed E-state index contributed by atoms with van der Waals surface area (Å²) < 4.78 is 22.6. The Balaban J connectivity index is 0.00000289. The summed E-state index contributed by atoms with van der Waals surface area (Å²) in [4.78, 5) is 6.20. The van der Waals surface area contributed by atoms with E-state index in [1.807, 2.05) is 4.90 Å². The Morgan fingerprint density at radius 3 is 2.72 bits per heavy atom. The molecular formula is C11H24IN3O2S. The number of hydrogen-bond donors (Lipinski definition) is 1. The fourth-order valence-corrected chi connectivity index (χ4v) is 2.60. The minimum atomic E-state index is -2.94. The number of likely N-dealkylation sites (tertiary alicyclic amines) is 1. The van der Waals surface area contributed by atoms with E-state index in [0.29, 0.717) is 11.9 Å². The summed E-state index contributed by atoms with van der Waals surface area (Å²) in [6.07, 6.45) is 2.36. The number of rotatable bonds is 4. The highest BCUT2D eigenvalue weighted by atomic mass is 127. The molecule has 5 nitrogen and oxygen atoms in total. The lowest BCUT2D eigenvalue weighted by atomic mass is 10.0. The summed E-state index contributed by atoms with van der Waals surface area (Å²) in [7, 11) is -2.94. The number of piperidine rings is 1. The third kappa shape index (κ3) is 6.21. The highest BCUT2D eigenvalue weighted by Gasteiger charge is 2.17. The van der Waals surface area contributed by atoms with Crippen molar-refractivity contribution in [2.75, 3.05) is 31.1 Å². The molecule has 0 aromatic heterocycles. The van der Waals surface area contributed by atoms with E-state index in [9.17, 15) is 8.42 Å². The van der Waals surface area contributed by atoms with Gasteiger partial charge in [0.2, 0.25) is 0 Å². The average molecular weight is 389 g/mol. The largest absolute Gasteiger partial charge is 0.370 e. The van der Waals surface area contributed by atoms with Crippen molar-refractivity contribution in [3.63, 3.8) is 0 Å². The van der Waals surface area contributed by atoms with E-state index in [1.54, 1.807) is 6.92 Å². The molecule has 0 bridgehead atoms. The van der Waals surface area contributed by atoms with Crippen LogP contribution in [0.1, 0.15) is 26.7 Å². The first-order valence-electron chi connectivity index (χ1n) is 6.20. The van der Waals surface area contributed by atoms with Crippen molar-refractivity contribution in [2.45, 2.75) is 26.7 Å². The van der Waals surface area contributed by atoms with Gasteiger partial charge in [0.05, 0.1) is 12.3 Å². The van der Waals surface area contributed by atoms with E-state index in [2.05, 4.69) is 11.9 Å². The highest BCUT2D eigenvalue weighted by molar-refractivity contribution is 14.0. The van der Waals surface area contributed by atoms with Crippen LogP contribution in [0.5, 0.6) is 0 Å². The van der Waals surface area contributed by atoms with Gasteiger partial charge in [-0.3, -0.25) is 4.99 Å². The number of nitrogens with two attached hydrogens (primary N) is 1. The number of sulfone groups is 1. The molecule has 1 aliphatic heterocycles. The van der Waals surface area contributed by atoms with Gasteiger partial charge in [-0.15, -0.1) is 24.0 Å². The zero-order chi connectivity index (χ0) is 12.9. The standard InChI is InChI=1S/C11H23N3O2S.HI/c1-3-17(15,16)8-6-13-11(12)14-7-4-5-10(2)9-14;/h10H,3-9H2,1-2H3,(H2,12,13);1H. The second-order valence-electron chi connectivity index (χ2n) is 4.67. The molecule has 0 saturated carbocycles. The Kier molecular flexibility index (Phi) is 8.16. The molecule has 1 aliphatic rings. The Morgan fingerprint density at radius 1 is 1.50 bits per heavy atom. The molecule has 2 N–H and O–H groups in total. The molecule has 108 valence electrons. The van der Waals surface area contributed by atoms with Crippen LogP contribution >= 0.6 is 24.0 Å². The molecule has 1 heterocycles. The van der Waals surface area contributed by atoms with E-state index >= 15 is 0 Å². The lowest BCUT2D eigenvalue weighted by Crippen LogP contribution is -2.43. The van der Waals surface area contributed by atoms with Gasteiger partial charge in [-0.25, -0.2) is 8.42 Å².